The lowest BCUT2D eigenvalue weighted by atomic mass is 10.1. The highest BCUT2D eigenvalue weighted by Gasteiger charge is 2.04. The molecule has 0 aliphatic rings. The first-order valence-electron chi connectivity index (χ1n) is 8.22. The molecule has 0 radical (unpaired) electrons. The fraction of sp³-hybridized carbons (Fsp3) is 0.150. The van der Waals surface area contributed by atoms with E-state index in [0.29, 0.717) is 23.9 Å². The predicted molar refractivity (Wildman–Crippen MR) is 102 cm³/mol. The maximum Gasteiger partial charge on any atom is 0.229 e. The number of Topliss-reactive ketones (excluding diaryl/α,β-unsaturated/α-hetero) is 1. The lowest BCUT2D eigenvalue weighted by molar-refractivity contribution is 0.101. The Kier molecular flexibility index (Phi) is 5.43. The van der Waals surface area contributed by atoms with Crippen molar-refractivity contribution >= 4 is 23.2 Å². The van der Waals surface area contributed by atoms with Crippen molar-refractivity contribution in [1.29, 1.82) is 0 Å². The van der Waals surface area contributed by atoms with Gasteiger partial charge in [0.2, 0.25) is 5.95 Å². The lowest BCUT2D eigenvalue weighted by Gasteiger charge is -2.09. The molecule has 6 heteroatoms. The van der Waals surface area contributed by atoms with Crippen LogP contribution in [0.25, 0.3) is 0 Å². The predicted octanol–water partition coefficient (Wildman–Crippen LogP) is 4.04. The van der Waals surface area contributed by atoms with E-state index in [1.165, 1.54) is 0 Å². The molecule has 0 saturated carbocycles. The summed E-state index contributed by atoms with van der Waals surface area (Å²) < 4.78 is 5.16. The van der Waals surface area contributed by atoms with Crippen molar-refractivity contribution in [3.8, 4) is 5.75 Å². The summed E-state index contributed by atoms with van der Waals surface area (Å²) in [6.45, 7) is 2.18. The van der Waals surface area contributed by atoms with Gasteiger partial charge in [-0.2, -0.15) is 4.98 Å². The van der Waals surface area contributed by atoms with Gasteiger partial charge in [0.25, 0.3) is 0 Å². The molecule has 2 aromatic carbocycles. The Morgan fingerprint density at radius 3 is 2.65 bits per heavy atom. The average molecular weight is 348 g/mol. The van der Waals surface area contributed by atoms with Crippen LogP contribution in [0.2, 0.25) is 0 Å². The maximum atomic E-state index is 11.5. The fourth-order valence-electron chi connectivity index (χ4n) is 2.40. The quantitative estimate of drug-likeness (QED) is 0.628. The Morgan fingerprint density at radius 2 is 1.92 bits per heavy atom. The molecule has 3 rings (SSSR count). The van der Waals surface area contributed by atoms with Crippen molar-refractivity contribution in [2.24, 2.45) is 0 Å². The van der Waals surface area contributed by atoms with E-state index in [1.807, 2.05) is 36.4 Å². The second-order valence-electron chi connectivity index (χ2n) is 5.73. The second-order valence-corrected chi connectivity index (χ2v) is 5.73. The minimum Gasteiger partial charge on any atom is -0.497 e. The molecule has 0 unspecified atom stereocenters. The summed E-state index contributed by atoms with van der Waals surface area (Å²) in [6.07, 6.45) is 1.68. The molecule has 1 aromatic heterocycles. The van der Waals surface area contributed by atoms with Gasteiger partial charge in [-0.15, -0.1) is 0 Å². The van der Waals surface area contributed by atoms with Gasteiger partial charge in [-0.25, -0.2) is 4.98 Å². The molecule has 0 spiro atoms. The molecule has 0 aliphatic carbocycles. The molecule has 0 fully saturated rings. The molecule has 6 nitrogen and oxygen atoms in total. The Bertz CT molecular complexity index is 894. The van der Waals surface area contributed by atoms with Crippen molar-refractivity contribution in [1.82, 2.24) is 9.97 Å². The van der Waals surface area contributed by atoms with Gasteiger partial charge in [-0.1, -0.05) is 24.3 Å². The van der Waals surface area contributed by atoms with Crippen molar-refractivity contribution in [3.05, 3.63) is 71.9 Å². The molecular weight excluding hydrogens is 328 g/mol. The summed E-state index contributed by atoms with van der Waals surface area (Å²) in [6, 6.07) is 16.9. The van der Waals surface area contributed by atoms with E-state index in [0.717, 1.165) is 17.0 Å². The third-order valence-corrected chi connectivity index (χ3v) is 3.81. The number of nitrogens with zero attached hydrogens (tertiary/aromatic N) is 2. The van der Waals surface area contributed by atoms with Crippen LogP contribution < -0.4 is 15.4 Å². The molecule has 0 aliphatic heterocycles. The number of hydrogen-bond donors (Lipinski definition) is 2. The smallest absolute Gasteiger partial charge is 0.229 e. The van der Waals surface area contributed by atoms with Gasteiger partial charge in [-0.05, 0) is 42.8 Å². The maximum absolute atomic E-state index is 11.5. The number of nitrogens with one attached hydrogen (secondary N) is 2. The van der Waals surface area contributed by atoms with Gasteiger partial charge in [0.1, 0.15) is 11.6 Å². The number of rotatable bonds is 7. The number of carbonyl (C=O) groups is 1. The number of ketones is 1. The zero-order chi connectivity index (χ0) is 18.4. The minimum absolute atomic E-state index is 0.0180. The second kappa shape index (κ2) is 8.11. The Hall–Kier alpha value is -3.41. The highest BCUT2D eigenvalue weighted by atomic mass is 16.5. The summed E-state index contributed by atoms with van der Waals surface area (Å²) >= 11 is 0. The van der Waals surface area contributed by atoms with Crippen LogP contribution in [0.1, 0.15) is 22.8 Å². The number of methoxy groups -OCH3 is 1. The van der Waals surface area contributed by atoms with Crippen molar-refractivity contribution in [2.75, 3.05) is 17.7 Å². The molecule has 2 N–H and O–H groups in total. The monoisotopic (exact) mass is 348 g/mol. The van der Waals surface area contributed by atoms with Crippen LogP contribution in [0.15, 0.2) is 60.8 Å². The molecular formula is C20H20N4O2. The van der Waals surface area contributed by atoms with Crippen LogP contribution in [0.4, 0.5) is 17.5 Å². The third-order valence-electron chi connectivity index (χ3n) is 3.81. The van der Waals surface area contributed by atoms with Crippen molar-refractivity contribution < 1.29 is 9.53 Å². The number of ether oxygens (including phenoxy) is 1. The van der Waals surface area contributed by atoms with E-state index >= 15 is 0 Å². The van der Waals surface area contributed by atoms with E-state index in [1.54, 1.807) is 38.4 Å². The molecule has 3 aromatic rings. The van der Waals surface area contributed by atoms with Crippen LogP contribution in [0.3, 0.4) is 0 Å². The number of hydrogen-bond acceptors (Lipinski definition) is 6. The van der Waals surface area contributed by atoms with Crippen LogP contribution in [0, 0.1) is 0 Å². The van der Waals surface area contributed by atoms with E-state index in [-0.39, 0.29) is 5.78 Å². The lowest BCUT2D eigenvalue weighted by Crippen LogP contribution is -2.04. The summed E-state index contributed by atoms with van der Waals surface area (Å²) in [5.74, 6) is 2.02. The van der Waals surface area contributed by atoms with Gasteiger partial charge in [-0.3, -0.25) is 4.79 Å². The van der Waals surface area contributed by atoms with Gasteiger partial charge < -0.3 is 15.4 Å². The van der Waals surface area contributed by atoms with Gasteiger partial charge >= 0.3 is 0 Å². The van der Waals surface area contributed by atoms with Crippen molar-refractivity contribution in [3.63, 3.8) is 0 Å². The summed E-state index contributed by atoms with van der Waals surface area (Å²) in [5, 5.41) is 6.39. The summed E-state index contributed by atoms with van der Waals surface area (Å²) in [7, 11) is 1.65. The first-order valence-corrected chi connectivity index (χ1v) is 8.22. The van der Waals surface area contributed by atoms with E-state index in [2.05, 4.69) is 20.6 Å². The van der Waals surface area contributed by atoms with Crippen LogP contribution >= 0.6 is 0 Å². The largest absolute Gasteiger partial charge is 0.497 e. The zero-order valence-corrected chi connectivity index (χ0v) is 14.7. The highest BCUT2D eigenvalue weighted by Crippen LogP contribution is 2.17. The molecule has 0 amide bonds. The molecule has 26 heavy (non-hydrogen) atoms. The summed E-state index contributed by atoms with van der Waals surface area (Å²) in [4.78, 5) is 20.2. The minimum atomic E-state index is 0.0180. The van der Waals surface area contributed by atoms with E-state index in [9.17, 15) is 4.79 Å². The van der Waals surface area contributed by atoms with Gasteiger partial charge in [0.15, 0.2) is 5.78 Å². The van der Waals surface area contributed by atoms with Crippen molar-refractivity contribution in [2.45, 2.75) is 13.5 Å². The number of benzene rings is 2. The molecule has 132 valence electrons. The van der Waals surface area contributed by atoms with Gasteiger partial charge in [0, 0.05) is 24.0 Å². The average Bonchev–Trinajstić information content (AvgIpc) is 2.67. The fourth-order valence-corrected chi connectivity index (χ4v) is 2.40. The molecule has 0 saturated heterocycles. The molecule has 0 bridgehead atoms. The van der Waals surface area contributed by atoms with Gasteiger partial charge in [0.05, 0.1) is 7.11 Å². The first kappa shape index (κ1) is 17.4. The standard InChI is InChI=1S/C20H20N4O2/c1-14(25)16-4-3-5-17(12-16)23-20-21-11-10-19(24-20)22-13-15-6-8-18(26-2)9-7-15/h3-12H,13H2,1-2H3,(H2,21,22,23,24). The highest BCUT2D eigenvalue weighted by molar-refractivity contribution is 5.95. The zero-order valence-electron chi connectivity index (χ0n) is 14.7. The Morgan fingerprint density at radius 1 is 1.12 bits per heavy atom. The molecule has 0 atom stereocenters. The third kappa shape index (κ3) is 4.57. The number of anilines is 3. The van der Waals surface area contributed by atoms with Crippen LogP contribution in [-0.4, -0.2) is 22.9 Å². The summed E-state index contributed by atoms with van der Waals surface area (Å²) in [5.41, 5.74) is 2.53. The Labute approximate surface area is 152 Å². The number of carbonyl (C=O) groups excluding carboxylic acids is 1. The van der Waals surface area contributed by atoms with E-state index in [4.69, 9.17) is 4.74 Å². The number of aromatic nitrogens is 2. The van der Waals surface area contributed by atoms with E-state index < -0.39 is 0 Å². The topological polar surface area (TPSA) is 76.1 Å². The molecule has 1 heterocycles. The Balaban J connectivity index is 1.66. The SMILES string of the molecule is COc1ccc(CNc2ccnc(Nc3cccc(C(C)=O)c3)n2)cc1. The van der Waals surface area contributed by atoms with Crippen LogP contribution in [-0.2, 0) is 6.54 Å². The van der Waals surface area contributed by atoms with Crippen LogP contribution in [0.5, 0.6) is 5.75 Å². The first-order chi connectivity index (χ1) is 12.6. The normalized spacial score (nSPS) is 10.2.